The molecule has 0 bridgehead atoms. The highest BCUT2D eigenvalue weighted by Crippen LogP contribution is 2.32. The largest absolute Gasteiger partial charge is 0.790 e. The van der Waals surface area contributed by atoms with E-state index in [0.717, 1.165) is 10.1 Å². The third-order valence-electron chi connectivity index (χ3n) is 4.24. The van der Waals surface area contributed by atoms with Crippen LogP contribution in [0.1, 0.15) is 18.2 Å². The number of phosphoric acid groups is 1. The fourth-order valence-corrected chi connectivity index (χ4v) is 3.17. The van der Waals surface area contributed by atoms with Crippen LogP contribution < -0.4 is 21.0 Å². The lowest BCUT2D eigenvalue weighted by molar-refractivity contribution is -0.343. The summed E-state index contributed by atoms with van der Waals surface area (Å²) in [4.78, 5) is 47.7. The molecule has 3 unspecified atom stereocenters. The summed E-state index contributed by atoms with van der Waals surface area (Å²) in [5, 5.41) is 9.99. The smallest absolute Gasteiger partial charge is 0.330 e. The van der Waals surface area contributed by atoms with Crippen molar-refractivity contribution in [1.82, 2.24) is 9.55 Å². The van der Waals surface area contributed by atoms with E-state index in [2.05, 4.69) is 9.51 Å². The molecular formula is C16H17N2O8P-2. The summed E-state index contributed by atoms with van der Waals surface area (Å²) in [6.45, 7) is 1.23. The second kappa shape index (κ2) is 7.51. The maximum absolute atomic E-state index is 12.2. The van der Waals surface area contributed by atoms with Crippen molar-refractivity contribution in [1.29, 1.82) is 0 Å². The minimum atomic E-state index is -5.21. The topological polar surface area (TPSA) is 157 Å². The number of aromatic nitrogens is 2. The van der Waals surface area contributed by atoms with Gasteiger partial charge in [0.2, 0.25) is 0 Å². The van der Waals surface area contributed by atoms with Crippen molar-refractivity contribution in [2.24, 2.45) is 0 Å². The number of ether oxygens (including phenoxy) is 1. The Balaban J connectivity index is 1.88. The van der Waals surface area contributed by atoms with E-state index in [1.807, 2.05) is 19.1 Å². The molecule has 2 heterocycles. The van der Waals surface area contributed by atoms with E-state index >= 15 is 0 Å². The molecule has 3 rings (SSSR count). The third-order valence-corrected chi connectivity index (χ3v) is 4.71. The van der Waals surface area contributed by atoms with Crippen LogP contribution in [0.4, 0.5) is 0 Å². The second-order valence-electron chi connectivity index (χ2n) is 6.25. The molecule has 2 aromatic rings. The van der Waals surface area contributed by atoms with Gasteiger partial charge in [-0.3, -0.25) is 14.3 Å². The lowest BCUT2D eigenvalue weighted by Crippen LogP contribution is -2.33. The molecule has 2 N–H and O–H groups in total. The molecule has 1 saturated heterocycles. The van der Waals surface area contributed by atoms with Gasteiger partial charge in [-0.05, 0) is 12.5 Å². The number of rotatable bonds is 5. The highest BCUT2D eigenvalue weighted by Gasteiger charge is 2.36. The second-order valence-corrected chi connectivity index (χ2v) is 7.40. The van der Waals surface area contributed by atoms with Crippen molar-refractivity contribution in [3.05, 3.63) is 56.9 Å². The molecule has 11 heteroatoms. The first-order valence-corrected chi connectivity index (χ1v) is 9.53. The van der Waals surface area contributed by atoms with Crippen LogP contribution in [0.2, 0.25) is 0 Å². The summed E-state index contributed by atoms with van der Waals surface area (Å²) in [6, 6.07) is 7.10. The number of hydrogen-bond acceptors (Lipinski definition) is 8. The van der Waals surface area contributed by atoms with Gasteiger partial charge in [0, 0.05) is 12.6 Å². The van der Waals surface area contributed by atoms with Crippen LogP contribution in [0.5, 0.6) is 0 Å². The molecular weight excluding hydrogens is 379 g/mol. The maximum Gasteiger partial charge on any atom is 0.330 e. The summed E-state index contributed by atoms with van der Waals surface area (Å²) >= 11 is 0. The van der Waals surface area contributed by atoms with Crippen molar-refractivity contribution in [2.45, 2.75) is 31.8 Å². The van der Waals surface area contributed by atoms with Crippen LogP contribution in [0.25, 0.3) is 11.1 Å². The summed E-state index contributed by atoms with van der Waals surface area (Å²) in [7, 11) is -5.21. The molecule has 0 radical (unpaired) electrons. The monoisotopic (exact) mass is 396 g/mol. The molecule has 0 amide bonds. The van der Waals surface area contributed by atoms with Gasteiger partial charge in [0.1, 0.15) is 12.3 Å². The van der Waals surface area contributed by atoms with Crippen molar-refractivity contribution >= 4 is 7.82 Å². The lowest BCUT2D eigenvalue weighted by atomic mass is 10.1. The van der Waals surface area contributed by atoms with E-state index in [-0.39, 0.29) is 12.0 Å². The summed E-state index contributed by atoms with van der Waals surface area (Å²) < 4.78 is 21.3. The molecule has 0 aliphatic carbocycles. The summed E-state index contributed by atoms with van der Waals surface area (Å²) in [5.41, 5.74) is 0.511. The predicted molar refractivity (Wildman–Crippen MR) is 89.6 cm³/mol. The highest BCUT2D eigenvalue weighted by atomic mass is 31.2. The van der Waals surface area contributed by atoms with Gasteiger partial charge >= 0.3 is 5.69 Å². The van der Waals surface area contributed by atoms with Gasteiger partial charge in [-0.1, -0.05) is 29.8 Å². The van der Waals surface area contributed by atoms with Crippen molar-refractivity contribution in [2.75, 3.05) is 6.61 Å². The van der Waals surface area contributed by atoms with Crippen molar-refractivity contribution in [3.8, 4) is 11.1 Å². The summed E-state index contributed by atoms with van der Waals surface area (Å²) in [6.07, 6.45) is -1.94. The fraction of sp³-hybridized carbons (Fsp3) is 0.375. The van der Waals surface area contributed by atoms with E-state index in [1.165, 1.54) is 6.20 Å². The molecule has 146 valence electrons. The van der Waals surface area contributed by atoms with E-state index in [9.17, 15) is 29.0 Å². The van der Waals surface area contributed by atoms with Crippen LogP contribution in [0.15, 0.2) is 40.1 Å². The number of H-pyrrole nitrogens is 1. The average molecular weight is 396 g/mol. The number of aliphatic hydroxyl groups is 1. The van der Waals surface area contributed by atoms with Gasteiger partial charge in [0.05, 0.1) is 26.1 Å². The number of hydrogen-bond donors (Lipinski definition) is 2. The summed E-state index contributed by atoms with van der Waals surface area (Å²) in [5.74, 6) is 0. The highest BCUT2D eigenvalue weighted by molar-refractivity contribution is 7.43. The number of aromatic amines is 1. The standard InChI is InChI=1S/C16H19N2O8P/c1-9-2-4-10(5-3-9)11-7-18(16(21)17-15(11)20)14-6-12(19)13(26-14)8-25-27(22,23)24/h2-5,7,12-14,19H,6,8H2,1H3,(H,17,20,21)(H2,22,23,24)/p-2. The molecule has 1 aliphatic rings. The van der Waals surface area contributed by atoms with Gasteiger partial charge in [0.15, 0.2) is 0 Å². The van der Waals surface area contributed by atoms with Crippen LogP contribution >= 0.6 is 7.82 Å². The van der Waals surface area contributed by atoms with E-state index in [0.29, 0.717) is 5.56 Å². The molecule has 0 spiro atoms. The predicted octanol–water partition coefficient (Wildman–Crippen LogP) is -0.994. The fourth-order valence-electron chi connectivity index (χ4n) is 2.84. The Morgan fingerprint density at radius 1 is 1.33 bits per heavy atom. The Morgan fingerprint density at radius 3 is 2.63 bits per heavy atom. The quantitative estimate of drug-likeness (QED) is 0.610. The minimum absolute atomic E-state index is 0.0463. The van der Waals surface area contributed by atoms with Gasteiger partial charge in [-0.25, -0.2) is 4.79 Å². The van der Waals surface area contributed by atoms with E-state index in [1.54, 1.807) is 12.1 Å². The molecule has 3 atom stereocenters. The molecule has 1 aromatic carbocycles. The third kappa shape index (κ3) is 4.62. The Hall–Kier alpha value is -2.07. The van der Waals surface area contributed by atoms with Crippen LogP contribution in [-0.4, -0.2) is 33.5 Å². The Morgan fingerprint density at radius 2 is 2.00 bits per heavy atom. The lowest BCUT2D eigenvalue weighted by Gasteiger charge is -2.30. The van der Waals surface area contributed by atoms with Crippen molar-refractivity contribution in [3.63, 3.8) is 0 Å². The van der Waals surface area contributed by atoms with E-state index in [4.69, 9.17) is 4.74 Å². The maximum atomic E-state index is 12.2. The number of aliphatic hydroxyl groups excluding tert-OH is 1. The molecule has 1 fully saturated rings. The zero-order valence-corrected chi connectivity index (χ0v) is 15.1. The zero-order valence-electron chi connectivity index (χ0n) is 14.2. The first-order chi connectivity index (χ1) is 12.6. The van der Waals surface area contributed by atoms with Gasteiger partial charge in [0.25, 0.3) is 5.56 Å². The SMILES string of the molecule is Cc1ccc(-c2cn(C3CC(O)C(COP(=O)([O-])[O-])O3)c(=O)[nH]c2=O)cc1. The van der Waals surface area contributed by atoms with Gasteiger partial charge in [-0.15, -0.1) is 0 Å². The van der Waals surface area contributed by atoms with Gasteiger partial charge < -0.3 is 28.7 Å². The van der Waals surface area contributed by atoms with Crippen LogP contribution in [0.3, 0.4) is 0 Å². The number of aryl methyl sites for hydroxylation is 1. The Bertz CT molecular complexity index is 977. The number of nitrogens with one attached hydrogen (secondary N) is 1. The van der Waals surface area contributed by atoms with Crippen LogP contribution in [0, 0.1) is 6.92 Å². The Labute approximate surface area is 153 Å². The first kappa shape index (κ1) is 19.7. The molecule has 1 aromatic heterocycles. The average Bonchev–Trinajstić information content (AvgIpc) is 2.94. The zero-order chi connectivity index (χ0) is 19.8. The number of benzene rings is 1. The van der Waals surface area contributed by atoms with Gasteiger partial charge in [-0.2, -0.15) is 0 Å². The molecule has 1 aliphatic heterocycles. The van der Waals surface area contributed by atoms with Crippen molar-refractivity contribution < 1.29 is 28.7 Å². The number of nitrogens with zero attached hydrogens (tertiary/aromatic N) is 1. The molecule has 10 nitrogen and oxygen atoms in total. The normalized spacial score (nSPS) is 22.9. The first-order valence-electron chi connectivity index (χ1n) is 8.06. The molecule has 27 heavy (non-hydrogen) atoms. The minimum Gasteiger partial charge on any atom is -0.790 e. The van der Waals surface area contributed by atoms with E-state index < -0.39 is 44.1 Å². The number of phosphoric ester groups is 1. The Kier molecular flexibility index (Phi) is 5.48. The van der Waals surface area contributed by atoms with Crippen LogP contribution in [-0.2, 0) is 13.8 Å². The molecule has 0 saturated carbocycles.